The van der Waals surface area contributed by atoms with Crippen LogP contribution in [0.5, 0.6) is 23.0 Å². The minimum Gasteiger partial charge on any atom is -0.494 e. The second kappa shape index (κ2) is 33.5. The van der Waals surface area contributed by atoms with E-state index >= 15 is 0 Å². The lowest BCUT2D eigenvalue weighted by atomic mass is 9.86. The number of nitrogens with zero attached hydrogens (tertiary/aromatic N) is 2. The van der Waals surface area contributed by atoms with Gasteiger partial charge in [-0.1, -0.05) is 84.9 Å². The van der Waals surface area contributed by atoms with Crippen molar-refractivity contribution in [1.29, 1.82) is 0 Å². The third-order valence-electron chi connectivity index (χ3n) is 16.0. The van der Waals surface area contributed by atoms with Gasteiger partial charge in [0.15, 0.2) is 0 Å². The predicted molar refractivity (Wildman–Crippen MR) is 322 cm³/mol. The summed E-state index contributed by atoms with van der Waals surface area (Å²) in [5.41, 5.74) is 6.12. The fourth-order valence-corrected chi connectivity index (χ4v) is 11.3. The molecule has 6 aromatic carbocycles. The highest BCUT2D eigenvalue weighted by Crippen LogP contribution is 2.30. The van der Waals surface area contributed by atoms with Crippen LogP contribution in [0, 0.1) is 11.6 Å². The molecule has 10 rings (SSSR count). The third kappa shape index (κ3) is 19.6. The molecule has 0 aromatic heterocycles. The Morgan fingerprint density at radius 3 is 1.32 bits per heavy atom. The number of carbonyl (C=O) groups excluding carboxylic acids is 2. The topological polar surface area (TPSA) is 144 Å². The summed E-state index contributed by atoms with van der Waals surface area (Å²) >= 11 is 0. The second-order valence-corrected chi connectivity index (χ2v) is 22.0. The van der Waals surface area contributed by atoms with Crippen LogP contribution in [0.15, 0.2) is 146 Å². The standard InChI is InChI=1S/2C34H42FN3O4/c2*35-32-9-2-1-7-28(32)25-40-19-5-20-41-29-13-11-27(12-14-29)31-15-16-36-24-33(31)37-23-26-6-3-8-30(22-26)42-21-18-38-17-4-10-34(38)39/h2*1-3,6-9,11-14,22,31,33,36-37H,4-5,10,15-21,23-25H2/t31?,33-;31-,33-/m10/s1. The van der Waals surface area contributed by atoms with Gasteiger partial charge in [0.1, 0.15) is 47.8 Å². The van der Waals surface area contributed by atoms with Crippen LogP contribution in [0.25, 0.3) is 0 Å². The molecule has 448 valence electrons. The van der Waals surface area contributed by atoms with Crippen LogP contribution in [-0.2, 0) is 45.4 Å². The van der Waals surface area contributed by atoms with E-state index in [0.29, 0.717) is 101 Å². The van der Waals surface area contributed by atoms with Gasteiger partial charge < -0.3 is 59.5 Å². The summed E-state index contributed by atoms with van der Waals surface area (Å²) < 4.78 is 62.3. The second-order valence-electron chi connectivity index (χ2n) is 22.0. The Labute approximate surface area is 494 Å². The molecule has 16 heteroatoms. The van der Waals surface area contributed by atoms with Crippen molar-refractivity contribution < 1.29 is 46.8 Å². The number of hydrogen-bond acceptors (Lipinski definition) is 12. The maximum absolute atomic E-state index is 13.7. The van der Waals surface area contributed by atoms with Crippen molar-refractivity contribution >= 4 is 11.8 Å². The number of nitrogens with one attached hydrogen (secondary N) is 4. The molecule has 4 heterocycles. The van der Waals surface area contributed by atoms with E-state index in [1.807, 2.05) is 70.5 Å². The molecule has 0 aliphatic carbocycles. The van der Waals surface area contributed by atoms with Crippen molar-refractivity contribution in [2.75, 3.05) is 92.0 Å². The monoisotopic (exact) mass is 1150 g/mol. The molecule has 14 nitrogen and oxygen atoms in total. The zero-order valence-electron chi connectivity index (χ0n) is 48.5. The molecule has 1 unspecified atom stereocenters. The van der Waals surface area contributed by atoms with Crippen LogP contribution in [0.1, 0.15) is 96.6 Å². The average molecular weight is 1150 g/mol. The Morgan fingerprint density at radius 2 is 0.905 bits per heavy atom. The van der Waals surface area contributed by atoms with Gasteiger partial charge in [-0.2, -0.15) is 0 Å². The Morgan fingerprint density at radius 1 is 0.476 bits per heavy atom. The lowest BCUT2D eigenvalue weighted by Gasteiger charge is -2.33. The lowest BCUT2D eigenvalue weighted by molar-refractivity contribution is -0.128. The average Bonchev–Trinajstić information content (AvgIpc) is 4.24. The Hall–Kier alpha value is -6.92. The Kier molecular flexibility index (Phi) is 24.6. The number of likely N-dealkylation sites (tertiary alicyclic amines) is 2. The molecule has 0 radical (unpaired) electrons. The maximum atomic E-state index is 13.7. The highest BCUT2D eigenvalue weighted by Gasteiger charge is 2.28. The highest BCUT2D eigenvalue weighted by atomic mass is 19.1. The van der Waals surface area contributed by atoms with E-state index in [0.717, 1.165) is 114 Å². The number of piperidine rings is 2. The summed E-state index contributed by atoms with van der Waals surface area (Å²) in [6.45, 7) is 12.0. The van der Waals surface area contributed by atoms with Gasteiger partial charge in [0, 0.05) is 100.0 Å². The van der Waals surface area contributed by atoms with Gasteiger partial charge >= 0.3 is 0 Å². The quantitative estimate of drug-likeness (QED) is 0.0319. The Bertz CT molecular complexity index is 2740. The molecular formula is C68H84F2N6O8. The molecule has 6 aromatic rings. The summed E-state index contributed by atoms with van der Waals surface area (Å²) in [6.07, 6.45) is 6.82. The van der Waals surface area contributed by atoms with Crippen molar-refractivity contribution in [2.24, 2.45) is 0 Å². The van der Waals surface area contributed by atoms with Crippen LogP contribution in [0.2, 0.25) is 0 Å². The van der Waals surface area contributed by atoms with E-state index in [2.05, 4.69) is 69.8 Å². The minimum absolute atomic E-state index is 0.231. The fraction of sp³-hybridized carbons (Fsp3) is 0.441. The van der Waals surface area contributed by atoms with Crippen LogP contribution >= 0.6 is 0 Å². The van der Waals surface area contributed by atoms with Crippen molar-refractivity contribution in [2.45, 2.75) is 102 Å². The first-order valence-corrected chi connectivity index (χ1v) is 30.3. The van der Waals surface area contributed by atoms with Crippen molar-refractivity contribution in [1.82, 2.24) is 31.1 Å². The normalized spacial score (nSPS) is 18.8. The molecule has 0 saturated carbocycles. The number of halogens is 2. The first kappa shape index (κ1) is 61.6. The first-order valence-electron chi connectivity index (χ1n) is 30.3. The van der Waals surface area contributed by atoms with Gasteiger partial charge in [0.05, 0.1) is 52.7 Å². The van der Waals surface area contributed by atoms with E-state index < -0.39 is 0 Å². The number of carbonyl (C=O) groups is 2. The molecule has 4 fully saturated rings. The van der Waals surface area contributed by atoms with E-state index in [-0.39, 0.29) is 36.7 Å². The van der Waals surface area contributed by atoms with Gasteiger partial charge in [0.25, 0.3) is 0 Å². The summed E-state index contributed by atoms with van der Waals surface area (Å²) in [5.74, 6) is 4.18. The highest BCUT2D eigenvalue weighted by molar-refractivity contribution is 5.78. The van der Waals surface area contributed by atoms with Crippen molar-refractivity contribution in [3.05, 3.63) is 191 Å². The van der Waals surface area contributed by atoms with Crippen LogP contribution in [0.3, 0.4) is 0 Å². The number of benzene rings is 6. The van der Waals surface area contributed by atoms with Crippen LogP contribution < -0.4 is 40.2 Å². The van der Waals surface area contributed by atoms with E-state index in [9.17, 15) is 18.4 Å². The van der Waals surface area contributed by atoms with Gasteiger partial charge in [0.2, 0.25) is 11.8 Å². The molecule has 4 aliphatic heterocycles. The molecule has 4 atom stereocenters. The minimum atomic E-state index is -0.233. The summed E-state index contributed by atoms with van der Waals surface area (Å²) in [4.78, 5) is 27.4. The number of ether oxygens (including phenoxy) is 6. The molecule has 0 spiro atoms. The Balaban J connectivity index is 0.000000202. The summed E-state index contributed by atoms with van der Waals surface area (Å²) in [5, 5.41) is 14.6. The first-order chi connectivity index (χ1) is 41.3. The summed E-state index contributed by atoms with van der Waals surface area (Å²) in [7, 11) is 0. The zero-order chi connectivity index (χ0) is 58.0. The van der Waals surface area contributed by atoms with Crippen molar-refractivity contribution in [3.8, 4) is 23.0 Å². The molecule has 0 bridgehead atoms. The number of rotatable bonds is 30. The fourth-order valence-electron chi connectivity index (χ4n) is 11.3. The van der Waals surface area contributed by atoms with Crippen LogP contribution in [0.4, 0.5) is 8.78 Å². The maximum Gasteiger partial charge on any atom is 0.222 e. The predicted octanol–water partition coefficient (Wildman–Crippen LogP) is 10.1. The lowest BCUT2D eigenvalue weighted by Crippen LogP contribution is -2.47. The zero-order valence-corrected chi connectivity index (χ0v) is 48.5. The SMILES string of the molecule is O=C1CCCN1CCOc1cccc(CN[C@@H]2CNCCC2c2ccc(OCCCOCc3ccccc3F)cc2)c1.O=C1CCCN1CCOc1cccc(CN[C@H]2CNCC[C@H]2c2ccc(OCCCOCc3ccccc3F)cc2)c1. The van der Waals surface area contributed by atoms with Crippen molar-refractivity contribution in [3.63, 3.8) is 0 Å². The summed E-state index contributed by atoms with van der Waals surface area (Å²) in [6, 6.07) is 47.3. The van der Waals surface area contributed by atoms with E-state index in [1.54, 1.807) is 24.3 Å². The largest absolute Gasteiger partial charge is 0.494 e. The molecule has 4 saturated heterocycles. The van der Waals surface area contributed by atoms with Gasteiger partial charge in [-0.15, -0.1) is 0 Å². The molecule has 2 amide bonds. The smallest absolute Gasteiger partial charge is 0.222 e. The van der Waals surface area contributed by atoms with Gasteiger partial charge in [-0.25, -0.2) is 8.78 Å². The van der Waals surface area contributed by atoms with Gasteiger partial charge in [-0.3, -0.25) is 9.59 Å². The van der Waals surface area contributed by atoms with E-state index in [1.165, 1.54) is 34.4 Å². The third-order valence-corrected chi connectivity index (χ3v) is 16.0. The van der Waals surface area contributed by atoms with Gasteiger partial charge in [-0.05, 0) is 122 Å². The molecule has 84 heavy (non-hydrogen) atoms. The molecule has 4 aliphatic rings. The number of hydrogen-bond donors (Lipinski definition) is 4. The van der Waals surface area contributed by atoms with E-state index in [4.69, 9.17) is 28.4 Å². The van der Waals surface area contributed by atoms with Crippen LogP contribution in [-0.4, -0.2) is 126 Å². The number of amides is 2. The molecule has 4 N–H and O–H groups in total. The molecular weight excluding hydrogens is 1070 g/mol.